The van der Waals surface area contributed by atoms with Crippen molar-refractivity contribution in [3.63, 3.8) is 0 Å². The number of H-pyrrole nitrogens is 1. The third-order valence-corrected chi connectivity index (χ3v) is 1.45. The predicted octanol–water partition coefficient (Wildman–Crippen LogP) is 1.71. The number of hydrogen-bond acceptors (Lipinski definition) is 1. The van der Waals surface area contributed by atoms with Gasteiger partial charge in [0.05, 0.1) is 5.88 Å². The Morgan fingerprint density at radius 3 is 2.89 bits per heavy atom. The molecule has 9 heavy (non-hydrogen) atoms. The average molecular weight is 145 g/mol. The smallest absolute Gasteiger partial charge is 0.105 e. The Balaban J connectivity index is 2.74. The van der Waals surface area contributed by atoms with Crippen LogP contribution in [0.25, 0.3) is 0 Å². The molecule has 50 valence electrons. The molecule has 1 rings (SSSR count). The minimum absolute atomic E-state index is 0.521. The maximum absolute atomic E-state index is 5.53. The van der Waals surface area contributed by atoms with Gasteiger partial charge in [-0.05, 0) is 0 Å². The summed E-state index contributed by atoms with van der Waals surface area (Å²) < 4.78 is 0. The maximum atomic E-state index is 5.53. The van der Waals surface area contributed by atoms with E-state index in [1.165, 1.54) is 0 Å². The molecule has 3 heteroatoms. The molecular formula is C6H9ClN2. The van der Waals surface area contributed by atoms with Crippen molar-refractivity contribution in [2.24, 2.45) is 0 Å². The van der Waals surface area contributed by atoms with E-state index in [9.17, 15) is 0 Å². The van der Waals surface area contributed by atoms with Crippen LogP contribution in [0.2, 0.25) is 0 Å². The van der Waals surface area contributed by atoms with Crippen LogP contribution in [0.3, 0.4) is 0 Å². The second-order valence-electron chi connectivity index (χ2n) is 1.84. The molecule has 0 saturated heterocycles. The molecule has 1 heterocycles. The Bertz CT molecular complexity index is 164. The Labute approximate surface area is 59.3 Å². The molecule has 0 aliphatic heterocycles. The van der Waals surface area contributed by atoms with Gasteiger partial charge in [0.15, 0.2) is 0 Å². The molecule has 0 aliphatic rings. The van der Waals surface area contributed by atoms with E-state index in [0.717, 1.165) is 17.9 Å². The normalized spacial score (nSPS) is 10.0. The van der Waals surface area contributed by atoms with Crippen LogP contribution in [0.4, 0.5) is 0 Å². The fraction of sp³-hybridized carbons (Fsp3) is 0.500. The van der Waals surface area contributed by atoms with Crippen molar-refractivity contribution in [3.8, 4) is 0 Å². The maximum Gasteiger partial charge on any atom is 0.105 e. The summed E-state index contributed by atoms with van der Waals surface area (Å²) in [6.45, 7) is 2.05. The molecule has 0 aromatic carbocycles. The summed E-state index contributed by atoms with van der Waals surface area (Å²) in [7, 11) is 0. The first-order valence-corrected chi connectivity index (χ1v) is 3.49. The number of nitrogens with one attached hydrogen (secondary N) is 1. The van der Waals surface area contributed by atoms with Gasteiger partial charge in [-0.2, -0.15) is 0 Å². The van der Waals surface area contributed by atoms with Crippen LogP contribution in [0, 0.1) is 0 Å². The second kappa shape index (κ2) is 2.87. The summed E-state index contributed by atoms with van der Waals surface area (Å²) in [6.07, 6.45) is 2.71. The molecule has 1 N–H and O–H groups in total. The van der Waals surface area contributed by atoms with Gasteiger partial charge in [0.2, 0.25) is 0 Å². The van der Waals surface area contributed by atoms with Crippen LogP contribution in [-0.4, -0.2) is 9.97 Å². The minimum atomic E-state index is 0.521. The van der Waals surface area contributed by atoms with Crippen LogP contribution in [0.15, 0.2) is 6.20 Å². The van der Waals surface area contributed by atoms with E-state index >= 15 is 0 Å². The number of alkyl halides is 1. The van der Waals surface area contributed by atoms with E-state index in [1.54, 1.807) is 6.20 Å². The first-order valence-electron chi connectivity index (χ1n) is 2.95. The third kappa shape index (κ3) is 1.45. The van der Waals surface area contributed by atoms with Gasteiger partial charge >= 0.3 is 0 Å². The quantitative estimate of drug-likeness (QED) is 0.629. The number of aromatic amines is 1. The summed E-state index contributed by atoms with van der Waals surface area (Å²) in [4.78, 5) is 7.13. The van der Waals surface area contributed by atoms with E-state index in [-0.39, 0.29) is 0 Å². The summed E-state index contributed by atoms with van der Waals surface area (Å²) in [5.41, 5.74) is 0.994. The minimum Gasteiger partial charge on any atom is -0.345 e. The first kappa shape index (κ1) is 6.62. The Morgan fingerprint density at radius 2 is 2.56 bits per heavy atom. The van der Waals surface area contributed by atoms with Crippen molar-refractivity contribution < 1.29 is 0 Å². The lowest BCUT2D eigenvalue weighted by Gasteiger charge is -1.84. The number of halogens is 1. The summed E-state index contributed by atoms with van der Waals surface area (Å²) >= 11 is 5.53. The summed E-state index contributed by atoms with van der Waals surface area (Å²) in [5, 5.41) is 0. The van der Waals surface area contributed by atoms with Crippen LogP contribution in [0.1, 0.15) is 18.4 Å². The third-order valence-electron chi connectivity index (χ3n) is 1.16. The monoisotopic (exact) mass is 144 g/mol. The fourth-order valence-electron chi connectivity index (χ4n) is 0.653. The molecule has 0 unspecified atom stereocenters. The average Bonchev–Trinajstić information content (AvgIpc) is 2.34. The van der Waals surface area contributed by atoms with Crippen molar-refractivity contribution >= 4 is 11.6 Å². The van der Waals surface area contributed by atoms with Gasteiger partial charge in [0.1, 0.15) is 5.82 Å². The number of rotatable bonds is 2. The Morgan fingerprint density at radius 1 is 1.78 bits per heavy atom. The zero-order valence-corrected chi connectivity index (χ0v) is 6.07. The van der Waals surface area contributed by atoms with Gasteiger partial charge in [0, 0.05) is 18.3 Å². The summed E-state index contributed by atoms with van der Waals surface area (Å²) in [5.74, 6) is 1.53. The Hall–Kier alpha value is -0.500. The number of nitrogens with zero attached hydrogens (tertiary/aromatic N) is 1. The molecule has 1 aromatic heterocycles. The lowest BCUT2D eigenvalue weighted by atomic mass is 10.5. The van der Waals surface area contributed by atoms with E-state index in [0.29, 0.717) is 5.88 Å². The molecule has 0 fully saturated rings. The molecule has 0 amide bonds. The molecular weight excluding hydrogens is 136 g/mol. The molecule has 0 bridgehead atoms. The van der Waals surface area contributed by atoms with Crippen molar-refractivity contribution in [3.05, 3.63) is 17.7 Å². The van der Waals surface area contributed by atoms with Gasteiger partial charge in [-0.15, -0.1) is 11.6 Å². The highest BCUT2D eigenvalue weighted by atomic mass is 35.5. The second-order valence-corrected chi connectivity index (χ2v) is 2.11. The highest BCUT2D eigenvalue weighted by molar-refractivity contribution is 6.16. The largest absolute Gasteiger partial charge is 0.345 e. The molecule has 0 saturated carbocycles. The van der Waals surface area contributed by atoms with Crippen LogP contribution in [-0.2, 0) is 12.3 Å². The molecule has 1 aromatic rings. The topological polar surface area (TPSA) is 28.7 Å². The highest BCUT2D eigenvalue weighted by Crippen LogP contribution is 2.00. The van der Waals surface area contributed by atoms with Crippen molar-refractivity contribution in [2.45, 2.75) is 19.2 Å². The van der Waals surface area contributed by atoms with Crippen LogP contribution < -0.4 is 0 Å². The van der Waals surface area contributed by atoms with Crippen LogP contribution in [0.5, 0.6) is 0 Å². The Kier molecular flexibility index (Phi) is 2.11. The van der Waals surface area contributed by atoms with E-state index in [2.05, 4.69) is 16.9 Å². The zero-order chi connectivity index (χ0) is 6.69. The number of aromatic nitrogens is 2. The molecule has 0 atom stereocenters. The van der Waals surface area contributed by atoms with Crippen molar-refractivity contribution in [1.29, 1.82) is 0 Å². The number of aryl methyl sites for hydroxylation is 1. The molecule has 2 nitrogen and oxygen atoms in total. The lowest BCUT2D eigenvalue weighted by Crippen LogP contribution is -1.81. The van der Waals surface area contributed by atoms with Gasteiger partial charge in [-0.25, -0.2) is 4.98 Å². The van der Waals surface area contributed by atoms with Gasteiger partial charge < -0.3 is 4.98 Å². The zero-order valence-electron chi connectivity index (χ0n) is 5.32. The SMILES string of the molecule is CCc1ncc(CCl)[nH]1. The fourth-order valence-corrected chi connectivity index (χ4v) is 0.789. The van der Waals surface area contributed by atoms with Crippen LogP contribution >= 0.6 is 11.6 Å². The van der Waals surface area contributed by atoms with E-state index in [1.807, 2.05) is 0 Å². The van der Waals surface area contributed by atoms with Crippen molar-refractivity contribution in [1.82, 2.24) is 9.97 Å². The van der Waals surface area contributed by atoms with E-state index in [4.69, 9.17) is 11.6 Å². The number of hydrogen-bond donors (Lipinski definition) is 1. The van der Waals surface area contributed by atoms with Gasteiger partial charge in [0.25, 0.3) is 0 Å². The number of imidazole rings is 1. The predicted molar refractivity (Wildman–Crippen MR) is 37.5 cm³/mol. The van der Waals surface area contributed by atoms with E-state index < -0.39 is 0 Å². The first-order chi connectivity index (χ1) is 4.36. The highest BCUT2D eigenvalue weighted by Gasteiger charge is 1.94. The molecule has 0 aliphatic carbocycles. The summed E-state index contributed by atoms with van der Waals surface area (Å²) in [6, 6.07) is 0. The standard InChI is InChI=1S/C6H9ClN2/c1-2-6-8-4-5(3-7)9-6/h4H,2-3H2,1H3,(H,8,9). The molecule has 0 spiro atoms. The van der Waals surface area contributed by atoms with Crippen molar-refractivity contribution in [2.75, 3.05) is 0 Å². The van der Waals surface area contributed by atoms with Gasteiger partial charge in [-0.1, -0.05) is 6.92 Å². The lowest BCUT2D eigenvalue weighted by molar-refractivity contribution is 0.980. The van der Waals surface area contributed by atoms with Gasteiger partial charge in [-0.3, -0.25) is 0 Å². The molecule has 0 radical (unpaired) electrons.